The summed E-state index contributed by atoms with van der Waals surface area (Å²) in [6, 6.07) is 10.8. The first-order valence-corrected chi connectivity index (χ1v) is 6.77. The first kappa shape index (κ1) is 11.6. The van der Waals surface area contributed by atoms with Gasteiger partial charge in [0, 0.05) is 18.3 Å². The normalized spacial score (nSPS) is 18.1. The Kier molecular flexibility index (Phi) is 2.57. The van der Waals surface area contributed by atoms with Gasteiger partial charge in [0.2, 0.25) is 0 Å². The number of pyridine rings is 1. The van der Waals surface area contributed by atoms with Crippen LogP contribution in [0, 0.1) is 5.82 Å². The third-order valence-electron chi connectivity index (χ3n) is 3.88. The van der Waals surface area contributed by atoms with Gasteiger partial charge in [-0.3, -0.25) is 0 Å². The molecule has 0 bridgehead atoms. The van der Waals surface area contributed by atoms with Crippen LogP contribution in [0.2, 0.25) is 0 Å². The Bertz CT molecular complexity index is 734. The van der Waals surface area contributed by atoms with Crippen molar-refractivity contribution in [2.75, 3.05) is 6.54 Å². The summed E-state index contributed by atoms with van der Waals surface area (Å²) in [6.45, 7) is 0.879. The van der Waals surface area contributed by atoms with Gasteiger partial charge < -0.3 is 10.3 Å². The number of aromatic amines is 1. The summed E-state index contributed by atoms with van der Waals surface area (Å²) in [5.41, 5.74) is 4.38. The van der Waals surface area contributed by atoms with E-state index in [0.29, 0.717) is 0 Å². The fourth-order valence-electron chi connectivity index (χ4n) is 2.99. The standard InChI is InChI=1S/C16H14FN3/c17-11-4-1-3-10(9-11)14-15-12(6-8-18-14)13-5-2-7-19-16(13)20-15/h1-5,7,9,14,18H,6,8H2,(H,19,20). The molecule has 0 spiro atoms. The Morgan fingerprint density at radius 3 is 3.05 bits per heavy atom. The maximum Gasteiger partial charge on any atom is 0.137 e. The van der Waals surface area contributed by atoms with E-state index >= 15 is 0 Å². The summed E-state index contributed by atoms with van der Waals surface area (Å²) in [4.78, 5) is 7.88. The summed E-state index contributed by atoms with van der Waals surface area (Å²) in [5.74, 6) is 0.696. The van der Waals surface area contributed by atoms with Crippen molar-refractivity contribution >= 4 is 0 Å². The van der Waals surface area contributed by atoms with Crippen molar-refractivity contribution in [3.05, 3.63) is 65.2 Å². The predicted molar refractivity (Wildman–Crippen MR) is 75.2 cm³/mol. The van der Waals surface area contributed by atoms with E-state index in [-0.39, 0.29) is 11.9 Å². The van der Waals surface area contributed by atoms with E-state index in [1.54, 1.807) is 12.1 Å². The number of aromatic nitrogens is 2. The topological polar surface area (TPSA) is 40.7 Å². The van der Waals surface area contributed by atoms with E-state index in [2.05, 4.69) is 16.4 Å². The summed E-state index contributed by atoms with van der Waals surface area (Å²) >= 11 is 0. The predicted octanol–water partition coefficient (Wildman–Crippen LogP) is 2.89. The molecule has 2 N–H and O–H groups in total. The molecule has 0 fully saturated rings. The van der Waals surface area contributed by atoms with E-state index in [4.69, 9.17) is 4.98 Å². The van der Waals surface area contributed by atoms with Gasteiger partial charge in [-0.15, -0.1) is 0 Å². The number of halogens is 1. The molecule has 3 heterocycles. The van der Waals surface area contributed by atoms with Crippen LogP contribution in [0.3, 0.4) is 0 Å². The quantitative estimate of drug-likeness (QED) is 0.711. The molecule has 1 aromatic carbocycles. The van der Waals surface area contributed by atoms with Gasteiger partial charge in [-0.05, 0) is 41.8 Å². The molecule has 0 aromatic heterocycles. The van der Waals surface area contributed by atoms with Crippen molar-refractivity contribution in [3.8, 4) is 11.4 Å². The van der Waals surface area contributed by atoms with Gasteiger partial charge in [-0.25, -0.2) is 9.37 Å². The molecule has 100 valence electrons. The smallest absolute Gasteiger partial charge is 0.137 e. The third-order valence-corrected chi connectivity index (χ3v) is 3.88. The number of H-pyrrole nitrogens is 1. The highest BCUT2D eigenvalue weighted by molar-refractivity contribution is 5.66. The number of nitrogens with one attached hydrogen (secondary N) is 2. The van der Waals surface area contributed by atoms with Gasteiger partial charge in [0.05, 0.1) is 11.7 Å². The second-order valence-electron chi connectivity index (χ2n) is 5.10. The molecule has 0 aliphatic carbocycles. The number of hydrogen-bond donors (Lipinski definition) is 2. The minimum atomic E-state index is -0.209. The van der Waals surface area contributed by atoms with E-state index in [1.165, 1.54) is 17.2 Å². The van der Waals surface area contributed by atoms with Gasteiger partial charge in [-0.1, -0.05) is 12.1 Å². The van der Waals surface area contributed by atoms with Crippen molar-refractivity contribution in [3.63, 3.8) is 0 Å². The molecule has 1 atom stereocenters. The second-order valence-corrected chi connectivity index (χ2v) is 5.10. The van der Waals surface area contributed by atoms with Crippen LogP contribution in [0.25, 0.3) is 11.4 Å². The molecule has 3 aliphatic heterocycles. The van der Waals surface area contributed by atoms with Crippen molar-refractivity contribution in [1.29, 1.82) is 0 Å². The number of nitrogens with zero attached hydrogens (tertiary/aromatic N) is 1. The number of fused-ring (bicyclic) bond motifs is 3. The van der Waals surface area contributed by atoms with E-state index in [1.807, 2.05) is 18.3 Å². The molecular formula is C16H14FN3. The van der Waals surface area contributed by atoms with Crippen LogP contribution in [0.4, 0.5) is 4.39 Å². The van der Waals surface area contributed by atoms with Gasteiger partial charge >= 0.3 is 0 Å². The van der Waals surface area contributed by atoms with Crippen LogP contribution < -0.4 is 5.32 Å². The highest BCUT2D eigenvalue weighted by atomic mass is 19.1. The number of hydrogen-bond acceptors (Lipinski definition) is 2. The van der Waals surface area contributed by atoms with Gasteiger partial charge in [-0.2, -0.15) is 0 Å². The molecule has 3 nitrogen and oxygen atoms in total. The molecule has 20 heavy (non-hydrogen) atoms. The number of rotatable bonds is 1. The van der Waals surface area contributed by atoms with E-state index in [9.17, 15) is 4.39 Å². The molecule has 4 heteroatoms. The number of benzene rings is 1. The summed E-state index contributed by atoms with van der Waals surface area (Å²) in [6.07, 6.45) is 2.83. The SMILES string of the molecule is Fc1cccc(C2NCCc3c4ccc[nH]c-4nc32)c1. The lowest BCUT2D eigenvalue weighted by Crippen LogP contribution is -2.30. The van der Waals surface area contributed by atoms with Crippen molar-refractivity contribution in [2.45, 2.75) is 12.5 Å². The largest absolute Gasteiger partial charge is 0.346 e. The molecule has 0 saturated carbocycles. The zero-order chi connectivity index (χ0) is 13.5. The van der Waals surface area contributed by atoms with Crippen LogP contribution in [-0.2, 0) is 6.42 Å². The Hall–Kier alpha value is -2.20. The monoisotopic (exact) mass is 267 g/mol. The minimum absolute atomic E-state index is 0.0322. The highest BCUT2D eigenvalue weighted by Crippen LogP contribution is 2.35. The zero-order valence-corrected chi connectivity index (χ0v) is 10.9. The molecule has 0 saturated heterocycles. The zero-order valence-electron chi connectivity index (χ0n) is 10.9. The van der Waals surface area contributed by atoms with E-state index < -0.39 is 0 Å². The lowest BCUT2D eigenvalue weighted by atomic mass is 9.94. The van der Waals surface area contributed by atoms with Crippen molar-refractivity contribution < 1.29 is 4.39 Å². The molecule has 1 aromatic rings. The Morgan fingerprint density at radius 1 is 1.20 bits per heavy atom. The van der Waals surface area contributed by atoms with E-state index in [0.717, 1.165) is 30.0 Å². The van der Waals surface area contributed by atoms with Gasteiger partial charge in [0.1, 0.15) is 11.6 Å². The lowest BCUT2D eigenvalue weighted by molar-refractivity contribution is 0.553. The van der Waals surface area contributed by atoms with Crippen LogP contribution in [-0.4, -0.2) is 16.5 Å². The van der Waals surface area contributed by atoms with Crippen molar-refractivity contribution in [1.82, 2.24) is 15.3 Å². The van der Waals surface area contributed by atoms with Crippen LogP contribution in [0.1, 0.15) is 22.9 Å². The highest BCUT2D eigenvalue weighted by Gasteiger charge is 2.28. The van der Waals surface area contributed by atoms with Crippen LogP contribution >= 0.6 is 0 Å². The first-order chi connectivity index (χ1) is 9.83. The van der Waals surface area contributed by atoms with Gasteiger partial charge in [0.15, 0.2) is 0 Å². The van der Waals surface area contributed by atoms with Crippen LogP contribution in [0.15, 0.2) is 42.6 Å². The third kappa shape index (κ3) is 1.72. The lowest BCUT2D eigenvalue weighted by Gasteiger charge is -2.24. The molecule has 4 rings (SSSR count). The van der Waals surface area contributed by atoms with Gasteiger partial charge in [0.25, 0.3) is 0 Å². The van der Waals surface area contributed by atoms with Crippen molar-refractivity contribution in [2.24, 2.45) is 0 Å². The Morgan fingerprint density at radius 2 is 2.15 bits per heavy atom. The fourth-order valence-corrected chi connectivity index (χ4v) is 2.99. The molecular weight excluding hydrogens is 253 g/mol. The average molecular weight is 267 g/mol. The first-order valence-electron chi connectivity index (χ1n) is 6.77. The minimum Gasteiger partial charge on any atom is -0.346 e. The maximum absolute atomic E-state index is 13.4. The summed E-state index contributed by atoms with van der Waals surface area (Å²) < 4.78 is 13.4. The molecule has 1 unspecified atom stereocenters. The average Bonchev–Trinajstić information content (AvgIpc) is 2.86. The van der Waals surface area contributed by atoms with Crippen LogP contribution in [0.5, 0.6) is 0 Å². The summed E-state index contributed by atoms with van der Waals surface area (Å²) in [5, 5.41) is 3.44. The molecule has 0 amide bonds. The Balaban J connectivity index is 1.88. The Labute approximate surface area is 116 Å². The fraction of sp³-hybridized carbons (Fsp3) is 0.188. The molecule has 0 radical (unpaired) electrons. The second kappa shape index (κ2) is 4.42. The maximum atomic E-state index is 13.4. The molecule has 3 aliphatic rings. The summed E-state index contributed by atoms with van der Waals surface area (Å²) in [7, 11) is 0.